The van der Waals surface area contributed by atoms with Gasteiger partial charge in [0.15, 0.2) is 0 Å². The second-order valence-corrected chi connectivity index (χ2v) is 6.44. The van der Waals surface area contributed by atoms with Crippen molar-refractivity contribution in [1.82, 2.24) is 5.32 Å². The number of aryl methyl sites for hydroxylation is 1. The second-order valence-electron chi connectivity index (χ2n) is 4.67. The van der Waals surface area contributed by atoms with E-state index in [1.54, 1.807) is 11.3 Å². The first-order valence-corrected chi connectivity index (χ1v) is 6.98. The van der Waals surface area contributed by atoms with Crippen LogP contribution in [0.15, 0.2) is 6.07 Å². The molecule has 0 aliphatic heterocycles. The molecule has 0 aromatic carbocycles. The topological polar surface area (TPSA) is 32.3 Å². The third kappa shape index (κ3) is 2.77. The van der Waals surface area contributed by atoms with Gasteiger partial charge in [0.1, 0.15) is 0 Å². The maximum Gasteiger partial charge on any atom is 0.0934 e. The van der Waals surface area contributed by atoms with Crippen molar-refractivity contribution in [2.24, 2.45) is 0 Å². The van der Waals surface area contributed by atoms with Gasteiger partial charge in [-0.2, -0.15) is 0 Å². The third-order valence-corrected chi connectivity index (χ3v) is 4.37. The van der Waals surface area contributed by atoms with E-state index in [0.29, 0.717) is 12.1 Å². The average Bonchev–Trinajstić information content (AvgIpc) is 2.65. The van der Waals surface area contributed by atoms with Crippen LogP contribution >= 0.6 is 22.9 Å². The molecule has 0 bridgehead atoms. The molecular weight excluding hydrogens is 242 g/mol. The summed E-state index contributed by atoms with van der Waals surface area (Å²) in [7, 11) is 0. The van der Waals surface area contributed by atoms with Gasteiger partial charge in [0.05, 0.1) is 10.4 Å². The monoisotopic (exact) mass is 259 g/mol. The Bertz CT molecular complexity index is 364. The van der Waals surface area contributed by atoms with Crippen LogP contribution in [0, 0.1) is 0 Å². The van der Waals surface area contributed by atoms with Gasteiger partial charge in [-0.15, -0.1) is 11.3 Å². The number of fused-ring (bicyclic) bond motifs is 1. The molecule has 0 fully saturated rings. The van der Waals surface area contributed by atoms with E-state index in [4.69, 9.17) is 11.6 Å². The maximum atomic E-state index is 9.34. The number of halogens is 1. The highest BCUT2D eigenvalue weighted by molar-refractivity contribution is 7.16. The molecule has 0 saturated heterocycles. The lowest BCUT2D eigenvalue weighted by Crippen LogP contribution is -2.31. The van der Waals surface area contributed by atoms with Gasteiger partial charge in [-0.1, -0.05) is 11.6 Å². The molecule has 1 aromatic rings. The smallest absolute Gasteiger partial charge is 0.0934 e. The van der Waals surface area contributed by atoms with E-state index in [1.807, 2.05) is 6.92 Å². The normalized spacial score (nSPS) is 23.1. The summed E-state index contributed by atoms with van der Waals surface area (Å²) >= 11 is 7.71. The van der Waals surface area contributed by atoms with E-state index < -0.39 is 0 Å². The zero-order valence-electron chi connectivity index (χ0n) is 9.66. The van der Waals surface area contributed by atoms with Gasteiger partial charge in [0, 0.05) is 17.0 Å². The van der Waals surface area contributed by atoms with Crippen molar-refractivity contribution in [3.05, 3.63) is 20.8 Å². The number of hydrogen-bond acceptors (Lipinski definition) is 3. The molecule has 16 heavy (non-hydrogen) atoms. The number of aliphatic hydroxyl groups is 1. The third-order valence-electron chi connectivity index (χ3n) is 3.03. The Hall–Kier alpha value is -0.0900. The quantitative estimate of drug-likeness (QED) is 0.871. The molecule has 4 heteroatoms. The number of hydrogen-bond donors (Lipinski definition) is 2. The van der Waals surface area contributed by atoms with E-state index >= 15 is 0 Å². The molecule has 2 rings (SSSR count). The Kier molecular flexibility index (Phi) is 3.90. The van der Waals surface area contributed by atoms with Crippen LogP contribution in [0.3, 0.4) is 0 Å². The van der Waals surface area contributed by atoms with Gasteiger partial charge < -0.3 is 10.4 Å². The number of aliphatic hydroxyl groups excluding tert-OH is 1. The van der Waals surface area contributed by atoms with Crippen LogP contribution in [0.1, 0.15) is 43.2 Å². The van der Waals surface area contributed by atoms with Crippen molar-refractivity contribution in [3.8, 4) is 0 Å². The van der Waals surface area contributed by atoms with E-state index in [-0.39, 0.29) is 6.10 Å². The summed E-state index contributed by atoms with van der Waals surface area (Å²) < 4.78 is 0.889. The van der Waals surface area contributed by atoms with E-state index in [0.717, 1.165) is 23.6 Å². The van der Waals surface area contributed by atoms with Crippen molar-refractivity contribution < 1.29 is 5.11 Å². The number of thiophene rings is 1. The molecule has 1 aliphatic rings. The van der Waals surface area contributed by atoms with Crippen molar-refractivity contribution in [1.29, 1.82) is 0 Å². The molecule has 1 aromatic heterocycles. The van der Waals surface area contributed by atoms with Gasteiger partial charge in [-0.3, -0.25) is 0 Å². The molecule has 2 N–H and O–H groups in total. The van der Waals surface area contributed by atoms with E-state index in [9.17, 15) is 5.11 Å². The minimum Gasteiger partial charge on any atom is -0.393 e. The molecule has 0 amide bonds. The summed E-state index contributed by atoms with van der Waals surface area (Å²) in [6, 6.07) is 2.85. The molecule has 0 spiro atoms. The van der Waals surface area contributed by atoms with E-state index in [1.165, 1.54) is 10.4 Å². The maximum absolute atomic E-state index is 9.34. The average molecular weight is 260 g/mol. The van der Waals surface area contributed by atoms with Gasteiger partial charge in [-0.05, 0) is 44.7 Å². The lowest BCUT2D eigenvalue weighted by Gasteiger charge is -2.20. The molecule has 3 atom stereocenters. The fraction of sp³-hybridized carbons (Fsp3) is 0.667. The highest BCUT2D eigenvalue weighted by Gasteiger charge is 2.26. The van der Waals surface area contributed by atoms with Gasteiger partial charge in [0.2, 0.25) is 0 Å². The van der Waals surface area contributed by atoms with Gasteiger partial charge >= 0.3 is 0 Å². The Morgan fingerprint density at radius 3 is 3.06 bits per heavy atom. The summed E-state index contributed by atoms with van der Waals surface area (Å²) in [5, 5.41) is 12.9. The molecule has 0 radical (unpaired) electrons. The second kappa shape index (κ2) is 5.05. The number of nitrogens with one attached hydrogen (secondary N) is 1. The van der Waals surface area contributed by atoms with Crippen LogP contribution in [0.2, 0.25) is 4.34 Å². The molecule has 2 nitrogen and oxygen atoms in total. The predicted octanol–water partition coefficient (Wildman–Crippen LogP) is 3.14. The molecule has 3 unspecified atom stereocenters. The van der Waals surface area contributed by atoms with Crippen LogP contribution in [0.25, 0.3) is 0 Å². The Morgan fingerprint density at radius 2 is 2.38 bits per heavy atom. The first-order chi connectivity index (χ1) is 7.56. The fourth-order valence-corrected chi connectivity index (χ4v) is 3.78. The Labute approximate surface area is 106 Å². The summed E-state index contributed by atoms with van der Waals surface area (Å²) in [6.07, 6.45) is 2.84. The predicted molar refractivity (Wildman–Crippen MR) is 69.3 cm³/mol. The first-order valence-electron chi connectivity index (χ1n) is 5.78. The van der Waals surface area contributed by atoms with Crippen LogP contribution in [0.4, 0.5) is 0 Å². The van der Waals surface area contributed by atoms with Crippen LogP contribution < -0.4 is 5.32 Å². The zero-order chi connectivity index (χ0) is 11.7. The van der Waals surface area contributed by atoms with Gasteiger partial charge in [-0.25, -0.2) is 0 Å². The van der Waals surface area contributed by atoms with Crippen LogP contribution in [-0.4, -0.2) is 17.3 Å². The molecule has 90 valence electrons. The Balaban J connectivity index is 1.97. The first kappa shape index (κ1) is 12.4. The van der Waals surface area contributed by atoms with Crippen LogP contribution in [0.5, 0.6) is 0 Å². The largest absolute Gasteiger partial charge is 0.393 e. The molecule has 1 heterocycles. The summed E-state index contributed by atoms with van der Waals surface area (Å²) in [5.41, 5.74) is 1.37. The minimum atomic E-state index is -0.241. The molecule has 0 saturated carbocycles. The summed E-state index contributed by atoms with van der Waals surface area (Å²) in [5.74, 6) is 0. The van der Waals surface area contributed by atoms with Crippen molar-refractivity contribution in [2.45, 2.75) is 51.3 Å². The van der Waals surface area contributed by atoms with Crippen molar-refractivity contribution >= 4 is 22.9 Å². The zero-order valence-corrected chi connectivity index (χ0v) is 11.2. The SMILES string of the molecule is CC(O)CC(C)NC1CCc2sc(Cl)cc21. The fourth-order valence-electron chi connectivity index (χ4n) is 2.43. The number of rotatable bonds is 4. The highest BCUT2D eigenvalue weighted by Crippen LogP contribution is 2.39. The lowest BCUT2D eigenvalue weighted by atomic mass is 10.1. The lowest BCUT2D eigenvalue weighted by molar-refractivity contribution is 0.168. The van der Waals surface area contributed by atoms with Crippen molar-refractivity contribution in [2.75, 3.05) is 0 Å². The molecule has 1 aliphatic carbocycles. The Morgan fingerprint density at radius 1 is 1.62 bits per heavy atom. The summed E-state index contributed by atoms with van der Waals surface area (Å²) in [6.45, 7) is 3.96. The summed E-state index contributed by atoms with van der Waals surface area (Å²) in [4.78, 5) is 1.42. The van der Waals surface area contributed by atoms with Crippen LogP contribution in [-0.2, 0) is 6.42 Å². The van der Waals surface area contributed by atoms with Gasteiger partial charge in [0.25, 0.3) is 0 Å². The highest BCUT2D eigenvalue weighted by atomic mass is 35.5. The van der Waals surface area contributed by atoms with E-state index in [2.05, 4.69) is 18.3 Å². The van der Waals surface area contributed by atoms with Crippen molar-refractivity contribution in [3.63, 3.8) is 0 Å². The molecular formula is C12H18ClNOS. The minimum absolute atomic E-state index is 0.241. The standard InChI is InChI=1S/C12H18ClNOS/c1-7(5-8(2)15)14-10-3-4-11-9(10)6-12(13)16-11/h6-8,10,14-15H,3-5H2,1-2H3.